The summed E-state index contributed by atoms with van der Waals surface area (Å²) in [6, 6.07) is 0. The lowest BCUT2D eigenvalue weighted by Gasteiger charge is -2.23. The molecule has 5 nitrogen and oxygen atoms in total. The molecule has 1 rings (SSSR count). The Morgan fingerprint density at radius 3 is 2.79 bits per heavy atom. The van der Waals surface area contributed by atoms with Gasteiger partial charge in [0.1, 0.15) is 11.4 Å². The van der Waals surface area contributed by atoms with Crippen LogP contribution in [0.3, 0.4) is 0 Å². The van der Waals surface area contributed by atoms with Gasteiger partial charge in [-0.05, 0) is 38.3 Å². The fourth-order valence-electron chi connectivity index (χ4n) is 1.52. The average Bonchev–Trinajstić information content (AvgIpc) is 2.85. The molecule has 0 saturated heterocycles. The van der Waals surface area contributed by atoms with Crippen LogP contribution in [0.15, 0.2) is 4.34 Å². The number of unbranched alkanes of at least 4 members (excludes halogenated alkanes) is 1. The maximum atomic E-state index is 11.1. The molecule has 1 heterocycles. The number of nitrogens with zero attached hydrogens (tertiary/aromatic N) is 2. The van der Waals surface area contributed by atoms with Gasteiger partial charge >= 0.3 is 5.97 Å². The molecule has 1 atom stereocenters. The topological polar surface area (TPSA) is 75.1 Å². The van der Waals surface area contributed by atoms with Crippen LogP contribution < -0.4 is 5.32 Å². The van der Waals surface area contributed by atoms with Gasteiger partial charge in [-0.2, -0.15) is 4.37 Å². The maximum Gasteiger partial charge on any atom is 0.323 e. The zero-order chi connectivity index (χ0) is 14.3. The van der Waals surface area contributed by atoms with E-state index in [0.29, 0.717) is 6.42 Å². The van der Waals surface area contributed by atoms with Crippen LogP contribution in [-0.4, -0.2) is 38.8 Å². The zero-order valence-corrected chi connectivity index (χ0v) is 13.2. The van der Waals surface area contributed by atoms with Gasteiger partial charge in [0.15, 0.2) is 4.34 Å². The maximum absolute atomic E-state index is 11.1. The molecule has 2 N–H and O–H groups in total. The predicted molar refractivity (Wildman–Crippen MR) is 79.0 cm³/mol. The standard InChI is InChI=1S/C12H21N3O2S2/c1-4-9-14-11(19-15-9)18-8-6-5-7-12(2,13-3)10(16)17/h13H,4-8H2,1-3H3,(H,16,17). The third-order valence-corrected chi connectivity index (χ3v) is 5.04. The molecule has 1 aromatic rings. The highest BCUT2D eigenvalue weighted by Crippen LogP contribution is 2.22. The SMILES string of the molecule is CCc1nsc(SCCCCC(C)(NC)C(=O)O)n1. The fraction of sp³-hybridized carbons (Fsp3) is 0.750. The Bertz CT molecular complexity index is 411. The molecule has 0 aromatic carbocycles. The third kappa shape index (κ3) is 5.08. The number of hydrogen-bond donors (Lipinski definition) is 2. The highest BCUT2D eigenvalue weighted by molar-refractivity contribution is 8.00. The monoisotopic (exact) mass is 303 g/mol. The highest BCUT2D eigenvalue weighted by atomic mass is 32.2. The fourth-order valence-corrected chi connectivity index (χ4v) is 3.28. The van der Waals surface area contributed by atoms with Gasteiger partial charge in [0.25, 0.3) is 0 Å². The molecular weight excluding hydrogens is 282 g/mol. The molecule has 0 aliphatic carbocycles. The van der Waals surface area contributed by atoms with Crippen LogP contribution in [0.2, 0.25) is 0 Å². The van der Waals surface area contributed by atoms with Gasteiger partial charge in [-0.15, -0.1) is 0 Å². The smallest absolute Gasteiger partial charge is 0.323 e. The molecule has 0 aliphatic heterocycles. The summed E-state index contributed by atoms with van der Waals surface area (Å²) < 4.78 is 5.24. The van der Waals surface area contributed by atoms with Crippen molar-refractivity contribution in [3.63, 3.8) is 0 Å². The van der Waals surface area contributed by atoms with E-state index in [0.717, 1.165) is 35.2 Å². The van der Waals surface area contributed by atoms with Crippen molar-refractivity contribution in [2.24, 2.45) is 0 Å². The Hall–Kier alpha value is -0.660. The second-order valence-electron chi connectivity index (χ2n) is 4.52. The van der Waals surface area contributed by atoms with Crippen LogP contribution >= 0.6 is 23.3 Å². The second-order valence-corrected chi connectivity index (χ2v) is 6.62. The Morgan fingerprint density at radius 2 is 2.26 bits per heavy atom. The summed E-state index contributed by atoms with van der Waals surface area (Å²) in [6.45, 7) is 3.77. The minimum atomic E-state index is -0.817. The van der Waals surface area contributed by atoms with E-state index in [1.165, 1.54) is 11.5 Å². The molecular formula is C12H21N3O2S2. The first kappa shape index (κ1) is 16.4. The van der Waals surface area contributed by atoms with Gasteiger partial charge in [0.2, 0.25) is 0 Å². The van der Waals surface area contributed by atoms with Gasteiger partial charge in [-0.1, -0.05) is 25.1 Å². The number of likely N-dealkylation sites (N-methyl/N-ethyl adjacent to an activating group) is 1. The molecule has 0 radical (unpaired) electrons. The van der Waals surface area contributed by atoms with Crippen molar-refractivity contribution in [3.8, 4) is 0 Å². The van der Waals surface area contributed by atoms with Gasteiger partial charge in [0.05, 0.1) is 0 Å². The van der Waals surface area contributed by atoms with E-state index in [1.807, 2.05) is 6.92 Å². The molecule has 19 heavy (non-hydrogen) atoms. The van der Waals surface area contributed by atoms with Gasteiger partial charge < -0.3 is 10.4 Å². The normalized spacial score (nSPS) is 14.3. The molecule has 0 fully saturated rings. The van der Waals surface area contributed by atoms with E-state index >= 15 is 0 Å². The molecule has 0 amide bonds. The van der Waals surface area contributed by atoms with E-state index in [1.54, 1.807) is 25.7 Å². The van der Waals surface area contributed by atoms with Crippen LogP contribution in [0.5, 0.6) is 0 Å². The van der Waals surface area contributed by atoms with Crippen molar-refractivity contribution in [3.05, 3.63) is 5.82 Å². The highest BCUT2D eigenvalue weighted by Gasteiger charge is 2.29. The summed E-state index contributed by atoms with van der Waals surface area (Å²) in [5, 5.41) is 12.0. The van der Waals surface area contributed by atoms with Crippen LogP contribution in [0.1, 0.15) is 38.9 Å². The second kappa shape index (κ2) is 7.81. The number of aliphatic carboxylic acids is 1. The number of hydrogen-bond acceptors (Lipinski definition) is 6. The molecule has 0 bridgehead atoms. The molecule has 0 aliphatic rings. The Labute approximate surface area is 122 Å². The summed E-state index contributed by atoms with van der Waals surface area (Å²) in [5.41, 5.74) is -0.817. The quantitative estimate of drug-likeness (QED) is 0.539. The lowest BCUT2D eigenvalue weighted by atomic mass is 9.95. The number of carboxylic acids is 1. The molecule has 0 saturated carbocycles. The van der Waals surface area contributed by atoms with E-state index in [2.05, 4.69) is 14.7 Å². The molecule has 108 valence electrons. The third-order valence-electron chi connectivity index (χ3n) is 3.09. The van der Waals surface area contributed by atoms with Crippen molar-refractivity contribution >= 4 is 29.3 Å². The van der Waals surface area contributed by atoms with Crippen molar-refractivity contribution < 1.29 is 9.90 Å². The lowest BCUT2D eigenvalue weighted by Crippen LogP contribution is -2.47. The van der Waals surface area contributed by atoms with Crippen LogP contribution in [0.25, 0.3) is 0 Å². The van der Waals surface area contributed by atoms with Crippen LogP contribution in [-0.2, 0) is 11.2 Å². The predicted octanol–water partition coefficient (Wildman–Crippen LogP) is 2.43. The summed E-state index contributed by atoms with van der Waals surface area (Å²) in [4.78, 5) is 15.5. The minimum absolute atomic E-state index is 0.635. The van der Waals surface area contributed by atoms with Crippen LogP contribution in [0.4, 0.5) is 0 Å². The van der Waals surface area contributed by atoms with E-state index in [9.17, 15) is 4.79 Å². The van der Waals surface area contributed by atoms with E-state index in [-0.39, 0.29) is 0 Å². The first-order chi connectivity index (χ1) is 9.01. The number of aromatic nitrogens is 2. The molecule has 1 unspecified atom stereocenters. The van der Waals surface area contributed by atoms with Crippen molar-refractivity contribution in [1.29, 1.82) is 0 Å². The van der Waals surface area contributed by atoms with Gasteiger partial charge in [0, 0.05) is 12.2 Å². The number of carboxylic acid groups (broad SMARTS) is 1. The van der Waals surface area contributed by atoms with E-state index < -0.39 is 11.5 Å². The van der Waals surface area contributed by atoms with E-state index in [4.69, 9.17) is 5.11 Å². The Kier molecular flexibility index (Phi) is 6.74. The summed E-state index contributed by atoms with van der Waals surface area (Å²) in [6.07, 6.45) is 3.37. The van der Waals surface area contributed by atoms with Gasteiger partial charge in [-0.25, -0.2) is 4.98 Å². The largest absolute Gasteiger partial charge is 0.480 e. The number of rotatable bonds is 9. The first-order valence-electron chi connectivity index (χ1n) is 6.39. The first-order valence-corrected chi connectivity index (χ1v) is 8.15. The number of nitrogens with one attached hydrogen (secondary N) is 1. The lowest BCUT2D eigenvalue weighted by molar-refractivity contribution is -0.144. The van der Waals surface area contributed by atoms with Crippen molar-refractivity contribution in [2.45, 2.75) is 49.4 Å². The molecule has 0 spiro atoms. The molecule has 7 heteroatoms. The zero-order valence-electron chi connectivity index (χ0n) is 11.6. The number of carbonyl (C=O) groups is 1. The van der Waals surface area contributed by atoms with Gasteiger partial charge in [-0.3, -0.25) is 4.79 Å². The summed E-state index contributed by atoms with van der Waals surface area (Å²) in [5.74, 6) is 1.07. The molecule has 1 aromatic heterocycles. The minimum Gasteiger partial charge on any atom is -0.480 e. The average molecular weight is 303 g/mol. The Morgan fingerprint density at radius 1 is 1.53 bits per heavy atom. The summed E-state index contributed by atoms with van der Waals surface area (Å²) in [7, 11) is 1.69. The number of thioether (sulfide) groups is 1. The summed E-state index contributed by atoms with van der Waals surface area (Å²) >= 11 is 3.14. The number of aryl methyl sites for hydroxylation is 1. The van der Waals surface area contributed by atoms with Crippen molar-refractivity contribution in [2.75, 3.05) is 12.8 Å². The van der Waals surface area contributed by atoms with Crippen LogP contribution in [0, 0.1) is 0 Å². The Balaban J connectivity index is 2.22. The van der Waals surface area contributed by atoms with Crippen molar-refractivity contribution in [1.82, 2.24) is 14.7 Å².